The van der Waals surface area contributed by atoms with Crippen molar-refractivity contribution < 1.29 is 13.2 Å². The molecule has 5 nitrogen and oxygen atoms in total. The van der Waals surface area contributed by atoms with Crippen LogP contribution in [0, 0.1) is 6.92 Å². The second kappa shape index (κ2) is 9.90. The largest absolute Gasteiger partial charge is 0.345 e. The van der Waals surface area contributed by atoms with E-state index < -0.39 is 10.0 Å². The van der Waals surface area contributed by atoms with Crippen LogP contribution < -0.4 is 5.32 Å². The molecule has 1 N–H and O–H groups in total. The normalized spacial score (nSPS) is 12.5. The topological polar surface area (TPSA) is 66.5 Å². The Morgan fingerprint density at radius 3 is 2.13 bits per heavy atom. The summed E-state index contributed by atoms with van der Waals surface area (Å²) in [5, 5.41) is 3.08. The molecule has 6 heteroatoms. The second-order valence-corrected chi connectivity index (χ2v) is 9.66. The number of nitrogens with zero attached hydrogens (tertiary/aromatic N) is 1. The van der Waals surface area contributed by atoms with Gasteiger partial charge in [0.25, 0.3) is 5.91 Å². The molecule has 0 aliphatic carbocycles. The molecular weight excluding hydrogens is 408 g/mol. The maximum absolute atomic E-state index is 12.7. The summed E-state index contributed by atoms with van der Waals surface area (Å²) >= 11 is 0. The fourth-order valence-corrected chi connectivity index (χ4v) is 4.52. The van der Waals surface area contributed by atoms with Crippen LogP contribution in [0.3, 0.4) is 0 Å². The van der Waals surface area contributed by atoms with E-state index in [1.807, 2.05) is 38.1 Å². The average molecular weight is 437 g/mol. The van der Waals surface area contributed by atoms with E-state index in [1.54, 1.807) is 61.6 Å². The van der Waals surface area contributed by atoms with Crippen LogP contribution in [-0.2, 0) is 16.6 Å². The Morgan fingerprint density at radius 1 is 0.935 bits per heavy atom. The smallest absolute Gasteiger partial charge is 0.251 e. The molecule has 3 aromatic rings. The van der Waals surface area contributed by atoms with Crippen LogP contribution in [0.2, 0.25) is 0 Å². The highest BCUT2D eigenvalue weighted by Gasteiger charge is 2.20. The number of hydrogen-bond donors (Lipinski definition) is 1. The lowest BCUT2D eigenvalue weighted by molar-refractivity contribution is 0.0935. The molecule has 0 bridgehead atoms. The molecule has 3 aromatic carbocycles. The van der Waals surface area contributed by atoms with Gasteiger partial charge in [-0.2, -0.15) is 4.31 Å². The first-order chi connectivity index (χ1) is 14.8. The number of nitrogens with one attached hydrogen (secondary N) is 1. The summed E-state index contributed by atoms with van der Waals surface area (Å²) in [5.41, 5.74) is 3.61. The Morgan fingerprint density at radius 2 is 1.55 bits per heavy atom. The van der Waals surface area contributed by atoms with Crippen molar-refractivity contribution in [3.05, 3.63) is 101 Å². The molecule has 0 heterocycles. The molecule has 0 unspecified atom stereocenters. The quantitative estimate of drug-likeness (QED) is 0.557. The molecule has 0 aliphatic heterocycles. The molecule has 0 aromatic heterocycles. The van der Waals surface area contributed by atoms with Gasteiger partial charge >= 0.3 is 0 Å². The van der Waals surface area contributed by atoms with E-state index >= 15 is 0 Å². The van der Waals surface area contributed by atoms with E-state index in [0.29, 0.717) is 5.56 Å². The highest BCUT2D eigenvalue weighted by atomic mass is 32.2. The minimum absolute atomic E-state index is 0.0603. The van der Waals surface area contributed by atoms with Gasteiger partial charge in [-0.25, -0.2) is 8.42 Å². The molecule has 0 radical (unpaired) electrons. The molecule has 0 spiro atoms. The highest BCUT2D eigenvalue weighted by molar-refractivity contribution is 7.89. The van der Waals surface area contributed by atoms with Crippen molar-refractivity contribution >= 4 is 15.9 Å². The molecule has 0 saturated heterocycles. The van der Waals surface area contributed by atoms with Gasteiger partial charge < -0.3 is 5.32 Å². The van der Waals surface area contributed by atoms with E-state index in [2.05, 4.69) is 5.32 Å². The van der Waals surface area contributed by atoms with Gasteiger partial charge in [-0.3, -0.25) is 4.79 Å². The zero-order valence-electron chi connectivity index (χ0n) is 18.1. The first-order valence-electron chi connectivity index (χ1n) is 10.3. The molecule has 1 atom stereocenters. The molecule has 31 heavy (non-hydrogen) atoms. The minimum atomic E-state index is -3.56. The van der Waals surface area contributed by atoms with Gasteiger partial charge in [-0.15, -0.1) is 0 Å². The molecule has 0 aliphatic rings. The molecule has 1 amide bonds. The third-order valence-electron chi connectivity index (χ3n) is 5.27. The summed E-state index contributed by atoms with van der Waals surface area (Å²) in [5.74, 6) is -0.149. The summed E-state index contributed by atoms with van der Waals surface area (Å²) in [6.07, 6.45) is 0.787. The fourth-order valence-electron chi connectivity index (χ4n) is 3.34. The number of carbonyl (C=O) groups is 1. The second-order valence-electron chi connectivity index (χ2n) is 7.62. The van der Waals surface area contributed by atoms with Gasteiger partial charge in [0.2, 0.25) is 10.0 Å². The van der Waals surface area contributed by atoms with Crippen molar-refractivity contribution in [3.8, 4) is 0 Å². The Balaban J connectivity index is 1.66. The van der Waals surface area contributed by atoms with Crippen molar-refractivity contribution in [2.24, 2.45) is 0 Å². The zero-order valence-corrected chi connectivity index (χ0v) is 18.9. The van der Waals surface area contributed by atoms with E-state index in [0.717, 1.165) is 17.5 Å². The average Bonchev–Trinajstić information content (AvgIpc) is 2.79. The Kier molecular flexibility index (Phi) is 7.25. The number of carbonyl (C=O) groups excluding carboxylic acids is 1. The summed E-state index contributed by atoms with van der Waals surface area (Å²) in [4.78, 5) is 13.0. The van der Waals surface area contributed by atoms with E-state index in [1.165, 1.54) is 9.87 Å². The van der Waals surface area contributed by atoms with Crippen molar-refractivity contribution in [2.75, 3.05) is 7.05 Å². The van der Waals surface area contributed by atoms with Crippen LogP contribution in [0.25, 0.3) is 0 Å². The van der Waals surface area contributed by atoms with Crippen LogP contribution >= 0.6 is 0 Å². The van der Waals surface area contributed by atoms with E-state index in [-0.39, 0.29) is 23.4 Å². The van der Waals surface area contributed by atoms with Gasteiger partial charge in [-0.1, -0.05) is 67.1 Å². The lowest BCUT2D eigenvalue weighted by Crippen LogP contribution is -2.28. The fraction of sp³-hybridized carbons (Fsp3) is 0.240. The number of amides is 1. The summed E-state index contributed by atoms with van der Waals surface area (Å²) in [7, 11) is -2.01. The van der Waals surface area contributed by atoms with Crippen LogP contribution in [0.15, 0.2) is 83.8 Å². The van der Waals surface area contributed by atoms with Crippen molar-refractivity contribution in [3.63, 3.8) is 0 Å². The van der Waals surface area contributed by atoms with Crippen molar-refractivity contribution in [1.82, 2.24) is 9.62 Å². The molecule has 0 fully saturated rings. The van der Waals surface area contributed by atoms with Crippen molar-refractivity contribution in [1.29, 1.82) is 0 Å². The van der Waals surface area contributed by atoms with Crippen LogP contribution in [0.1, 0.15) is 46.4 Å². The Labute approximate surface area is 184 Å². The molecular formula is C25H28N2O3S. The first kappa shape index (κ1) is 22.7. The lowest BCUT2D eigenvalue weighted by Gasteiger charge is -2.19. The van der Waals surface area contributed by atoms with Crippen molar-refractivity contribution in [2.45, 2.75) is 37.8 Å². The SMILES string of the molecule is CC[C@H](NC(=O)c1ccc(CN(C)S(=O)(=O)c2ccccc2)cc1)c1ccc(C)cc1. The molecule has 0 saturated carbocycles. The predicted octanol–water partition coefficient (Wildman–Crippen LogP) is 4.70. The monoisotopic (exact) mass is 436 g/mol. The number of rotatable bonds is 8. The van der Waals surface area contributed by atoms with Crippen LogP contribution in [0.4, 0.5) is 0 Å². The Bertz CT molecular complexity index is 1110. The van der Waals surface area contributed by atoms with Gasteiger partial charge in [0.15, 0.2) is 0 Å². The molecule has 162 valence electrons. The standard InChI is InChI=1S/C25H28N2O3S/c1-4-24(21-14-10-19(2)11-15-21)26-25(28)22-16-12-20(13-17-22)18-27(3)31(29,30)23-8-6-5-7-9-23/h5-17,24H,4,18H2,1-3H3,(H,26,28)/t24-/m0/s1. The number of aryl methyl sites for hydroxylation is 1. The summed E-state index contributed by atoms with van der Waals surface area (Å²) in [6.45, 7) is 4.30. The third-order valence-corrected chi connectivity index (χ3v) is 7.08. The summed E-state index contributed by atoms with van der Waals surface area (Å²) in [6, 6.07) is 23.5. The van der Waals surface area contributed by atoms with Gasteiger partial charge in [0.05, 0.1) is 10.9 Å². The zero-order chi connectivity index (χ0) is 22.4. The molecule has 3 rings (SSSR count). The number of sulfonamides is 1. The van der Waals surface area contributed by atoms with E-state index in [4.69, 9.17) is 0 Å². The minimum Gasteiger partial charge on any atom is -0.345 e. The Hall–Kier alpha value is -2.96. The lowest BCUT2D eigenvalue weighted by atomic mass is 10.0. The maximum atomic E-state index is 12.7. The maximum Gasteiger partial charge on any atom is 0.251 e. The van der Waals surface area contributed by atoms with Crippen LogP contribution in [0.5, 0.6) is 0 Å². The number of hydrogen-bond acceptors (Lipinski definition) is 3. The first-order valence-corrected chi connectivity index (χ1v) is 11.7. The van der Waals surface area contributed by atoms with E-state index in [9.17, 15) is 13.2 Å². The number of benzene rings is 3. The van der Waals surface area contributed by atoms with Crippen LogP contribution in [-0.4, -0.2) is 25.7 Å². The third kappa shape index (κ3) is 5.60. The van der Waals surface area contributed by atoms with Gasteiger partial charge in [0.1, 0.15) is 0 Å². The predicted molar refractivity (Wildman–Crippen MR) is 123 cm³/mol. The highest BCUT2D eigenvalue weighted by Crippen LogP contribution is 2.19. The van der Waals surface area contributed by atoms with Gasteiger partial charge in [-0.05, 0) is 48.7 Å². The van der Waals surface area contributed by atoms with Gasteiger partial charge in [0, 0.05) is 19.2 Å². The summed E-state index contributed by atoms with van der Waals surface area (Å²) < 4.78 is 26.7.